The van der Waals surface area contributed by atoms with Gasteiger partial charge in [-0.1, -0.05) is 19.1 Å². The Hall–Kier alpha value is -2.60. The predicted molar refractivity (Wildman–Crippen MR) is 135 cm³/mol. The van der Waals surface area contributed by atoms with E-state index in [0.29, 0.717) is 42.7 Å². The molecule has 2 aromatic carbocycles. The van der Waals surface area contributed by atoms with Crippen molar-refractivity contribution in [1.29, 1.82) is 0 Å². The number of rotatable bonds is 7. The van der Waals surface area contributed by atoms with Crippen molar-refractivity contribution in [2.45, 2.75) is 23.6 Å². The molecule has 2 aliphatic rings. The Balaban J connectivity index is 1.64. The number of nitrogens with zero attached hydrogens (tertiary/aromatic N) is 2. The number of ether oxygens (including phenoxy) is 2. The van der Waals surface area contributed by atoms with Crippen LogP contribution in [0.2, 0.25) is 0 Å². The lowest BCUT2D eigenvalue weighted by molar-refractivity contribution is -0.123. The summed E-state index contributed by atoms with van der Waals surface area (Å²) >= 11 is 1.48. The maximum atomic E-state index is 13.3. The first kappa shape index (κ1) is 25.5. The lowest BCUT2D eigenvalue weighted by atomic mass is 10.1. The fourth-order valence-corrected chi connectivity index (χ4v) is 6.43. The molecular formula is C24H29N3O6S2. The van der Waals surface area contributed by atoms with Gasteiger partial charge in [-0.25, -0.2) is 8.42 Å². The zero-order chi connectivity index (χ0) is 25.0. The smallest absolute Gasteiger partial charge is 0.244 e. The van der Waals surface area contributed by atoms with E-state index in [4.69, 9.17) is 9.47 Å². The number of hydrogen-bond donors (Lipinski definition) is 1. The first-order chi connectivity index (χ1) is 16.8. The molecule has 1 saturated heterocycles. The van der Waals surface area contributed by atoms with Gasteiger partial charge in [0.15, 0.2) is 0 Å². The van der Waals surface area contributed by atoms with Crippen molar-refractivity contribution in [3.63, 3.8) is 0 Å². The number of thioether (sulfide) groups is 1. The summed E-state index contributed by atoms with van der Waals surface area (Å²) in [5.41, 5.74) is 0.930. The van der Waals surface area contributed by atoms with E-state index in [0.717, 1.165) is 4.90 Å². The van der Waals surface area contributed by atoms with Gasteiger partial charge >= 0.3 is 0 Å². The molecule has 1 fully saturated rings. The third kappa shape index (κ3) is 5.64. The summed E-state index contributed by atoms with van der Waals surface area (Å²) in [7, 11) is -3.76. The van der Waals surface area contributed by atoms with Crippen molar-refractivity contribution < 1.29 is 27.5 Å². The van der Waals surface area contributed by atoms with Crippen LogP contribution in [-0.2, 0) is 24.3 Å². The lowest BCUT2D eigenvalue weighted by Crippen LogP contribution is -2.42. The van der Waals surface area contributed by atoms with Crippen molar-refractivity contribution >= 4 is 45.0 Å². The molecule has 0 aromatic heterocycles. The fraction of sp³-hybridized carbons (Fsp3) is 0.417. The maximum Gasteiger partial charge on any atom is 0.244 e. The number of fused-ring (bicyclic) bond motifs is 1. The number of carbonyl (C=O) groups is 2. The van der Waals surface area contributed by atoms with Crippen LogP contribution in [-0.4, -0.2) is 69.7 Å². The van der Waals surface area contributed by atoms with Crippen LogP contribution >= 0.6 is 11.8 Å². The molecule has 0 saturated carbocycles. The third-order valence-corrected chi connectivity index (χ3v) is 8.99. The number of nitrogens with one attached hydrogen (secondary N) is 1. The molecule has 0 aliphatic carbocycles. The molecule has 188 valence electrons. The van der Waals surface area contributed by atoms with E-state index in [1.54, 1.807) is 30.3 Å². The Morgan fingerprint density at radius 2 is 1.94 bits per heavy atom. The molecule has 9 nitrogen and oxygen atoms in total. The molecule has 0 radical (unpaired) electrons. The minimum atomic E-state index is -3.76. The number of benzene rings is 2. The predicted octanol–water partition coefficient (Wildman–Crippen LogP) is 2.82. The summed E-state index contributed by atoms with van der Waals surface area (Å²) in [5.74, 6) is 0.0959. The van der Waals surface area contributed by atoms with Crippen molar-refractivity contribution in [3.8, 4) is 5.75 Å². The van der Waals surface area contributed by atoms with Crippen LogP contribution in [0.5, 0.6) is 5.75 Å². The van der Waals surface area contributed by atoms with Crippen LogP contribution in [0.1, 0.15) is 13.8 Å². The molecule has 1 N–H and O–H groups in total. The highest BCUT2D eigenvalue weighted by atomic mass is 32.2. The molecule has 35 heavy (non-hydrogen) atoms. The molecular weight excluding hydrogens is 490 g/mol. The van der Waals surface area contributed by atoms with E-state index in [-0.39, 0.29) is 36.4 Å². The van der Waals surface area contributed by atoms with E-state index >= 15 is 0 Å². The first-order valence-corrected chi connectivity index (χ1v) is 13.9. The Kier molecular flexibility index (Phi) is 8.00. The molecule has 4 rings (SSSR count). The maximum absolute atomic E-state index is 13.3. The molecule has 11 heteroatoms. The lowest BCUT2D eigenvalue weighted by Gasteiger charge is -2.27. The summed E-state index contributed by atoms with van der Waals surface area (Å²) in [6, 6.07) is 11.9. The van der Waals surface area contributed by atoms with Crippen molar-refractivity contribution in [1.82, 2.24) is 4.31 Å². The van der Waals surface area contributed by atoms with E-state index in [1.807, 2.05) is 19.9 Å². The van der Waals surface area contributed by atoms with Crippen LogP contribution in [0.4, 0.5) is 11.4 Å². The molecule has 2 amide bonds. The zero-order valence-corrected chi connectivity index (χ0v) is 21.4. The number of carbonyl (C=O) groups excluding carboxylic acids is 2. The van der Waals surface area contributed by atoms with Gasteiger partial charge in [-0.2, -0.15) is 4.31 Å². The van der Waals surface area contributed by atoms with E-state index in [2.05, 4.69) is 5.32 Å². The zero-order valence-electron chi connectivity index (χ0n) is 19.7. The molecule has 1 unspecified atom stereocenters. The van der Waals surface area contributed by atoms with Crippen LogP contribution in [0, 0.1) is 5.92 Å². The summed E-state index contributed by atoms with van der Waals surface area (Å²) in [6.07, 6.45) is 0. The van der Waals surface area contributed by atoms with Gasteiger partial charge in [-0.15, -0.1) is 11.8 Å². The van der Waals surface area contributed by atoms with Gasteiger partial charge in [0, 0.05) is 29.7 Å². The summed E-state index contributed by atoms with van der Waals surface area (Å²) in [6.45, 7) is 5.08. The second-order valence-corrected chi connectivity index (χ2v) is 11.3. The average Bonchev–Trinajstić information content (AvgIpc) is 2.97. The van der Waals surface area contributed by atoms with Crippen LogP contribution in [0.15, 0.2) is 52.3 Å². The standard InChI is InChI=1S/C24H29N3O6S2/c1-3-33-21-7-5-4-6-19(21)25-23(28)15-27-20-14-18(35(30,31)26-10-12-32-13-11-26)8-9-22(20)34-16-17(2)24(27)29/h4-9,14,17H,3,10-13,15-16H2,1-2H3,(H,25,28). The van der Waals surface area contributed by atoms with Crippen LogP contribution < -0.4 is 15.0 Å². The molecule has 1 atom stereocenters. The van der Waals surface area contributed by atoms with Gasteiger partial charge in [-0.3, -0.25) is 9.59 Å². The van der Waals surface area contributed by atoms with Crippen molar-refractivity contribution in [2.24, 2.45) is 5.92 Å². The van der Waals surface area contributed by atoms with E-state index in [9.17, 15) is 18.0 Å². The number of hydrogen-bond acceptors (Lipinski definition) is 7. The van der Waals surface area contributed by atoms with Gasteiger partial charge in [0.25, 0.3) is 0 Å². The van der Waals surface area contributed by atoms with Crippen molar-refractivity contribution in [3.05, 3.63) is 42.5 Å². The molecule has 2 aliphatic heterocycles. The minimum Gasteiger partial charge on any atom is -0.492 e. The Bertz CT molecular complexity index is 1200. The topological polar surface area (TPSA) is 105 Å². The first-order valence-electron chi connectivity index (χ1n) is 11.5. The van der Waals surface area contributed by atoms with Gasteiger partial charge in [-0.05, 0) is 37.3 Å². The minimum absolute atomic E-state index is 0.0909. The van der Waals surface area contributed by atoms with Crippen LogP contribution in [0.3, 0.4) is 0 Å². The van der Waals surface area contributed by atoms with Gasteiger partial charge in [0.1, 0.15) is 12.3 Å². The highest BCUT2D eigenvalue weighted by Gasteiger charge is 2.33. The highest BCUT2D eigenvalue weighted by Crippen LogP contribution is 2.38. The second-order valence-electron chi connectivity index (χ2n) is 8.26. The molecule has 0 bridgehead atoms. The van der Waals surface area contributed by atoms with E-state index < -0.39 is 15.9 Å². The van der Waals surface area contributed by atoms with Crippen molar-refractivity contribution in [2.75, 3.05) is 55.4 Å². The second kappa shape index (κ2) is 11.0. The average molecular weight is 520 g/mol. The number of sulfonamides is 1. The Morgan fingerprint density at radius 1 is 1.20 bits per heavy atom. The Morgan fingerprint density at radius 3 is 2.69 bits per heavy atom. The number of morpholine rings is 1. The summed E-state index contributed by atoms with van der Waals surface area (Å²) in [5, 5.41) is 2.82. The summed E-state index contributed by atoms with van der Waals surface area (Å²) < 4.78 is 38.7. The SMILES string of the molecule is CCOc1ccccc1NC(=O)CN1C(=O)C(C)CSc2ccc(S(=O)(=O)N3CCOCC3)cc21. The fourth-order valence-electron chi connectivity index (χ4n) is 3.95. The number of para-hydroxylation sites is 2. The largest absolute Gasteiger partial charge is 0.492 e. The van der Waals surface area contributed by atoms with Gasteiger partial charge in [0.2, 0.25) is 21.8 Å². The quantitative estimate of drug-likeness (QED) is 0.600. The Labute approximate surface area is 209 Å². The highest BCUT2D eigenvalue weighted by molar-refractivity contribution is 7.99. The van der Waals surface area contributed by atoms with Gasteiger partial charge < -0.3 is 19.7 Å². The molecule has 2 aromatic rings. The molecule has 2 heterocycles. The van der Waals surface area contributed by atoms with Gasteiger partial charge in [0.05, 0.1) is 36.1 Å². The number of amides is 2. The normalized spacial score (nSPS) is 19.1. The summed E-state index contributed by atoms with van der Waals surface area (Å²) in [4.78, 5) is 28.5. The third-order valence-electron chi connectivity index (χ3n) is 5.77. The number of anilines is 2. The van der Waals surface area contributed by atoms with E-state index in [1.165, 1.54) is 27.0 Å². The molecule has 0 spiro atoms. The monoisotopic (exact) mass is 519 g/mol. The van der Waals surface area contributed by atoms with Crippen LogP contribution in [0.25, 0.3) is 0 Å².